The fourth-order valence-corrected chi connectivity index (χ4v) is 3.09. The van der Waals surface area contributed by atoms with Crippen LogP contribution in [-0.2, 0) is 9.53 Å². The summed E-state index contributed by atoms with van der Waals surface area (Å²) in [7, 11) is 0. The van der Waals surface area contributed by atoms with Crippen molar-refractivity contribution in [3.05, 3.63) is 29.3 Å². The molecule has 144 valence electrons. The molecule has 0 saturated heterocycles. The highest BCUT2D eigenvalue weighted by Gasteiger charge is 2.36. The third-order valence-corrected chi connectivity index (χ3v) is 4.37. The van der Waals surface area contributed by atoms with Crippen molar-refractivity contribution in [2.24, 2.45) is 0 Å². The zero-order valence-corrected chi connectivity index (χ0v) is 16.3. The van der Waals surface area contributed by atoms with Gasteiger partial charge in [0.1, 0.15) is 11.4 Å². The maximum atomic E-state index is 12.3. The highest BCUT2D eigenvalue weighted by molar-refractivity contribution is 6.30. The number of amides is 2. The number of hydrogen-bond acceptors (Lipinski definition) is 4. The van der Waals surface area contributed by atoms with Gasteiger partial charge in [0.05, 0.1) is 5.54 Å². The Balaban J connectivity index is 1.85. The molecule has 0 atom stereocenters. The fourth-order valence-electron chi connectivity index (χ4n) is 2.96. The molecule has 1 aromatic carbocycles. The zero-order valence-electron chi connectivity index (χ0n) is 15.6. The first-order valence-corrected chi connectivity index (χ1v) is 9.22. The maximum absolute atomic E-state index is 12.3. The number of benzene rings is 1. The molecule has 2 amide bonds. The number of ether oxygens (including phenoxy) is 2. The molecule has 0 spiro atoms. The molecule has 1 saturated carbocycles. The molecule has 1 aromatic rings. The van der Waals surface area contributed by atoms with E-state index >= 15 is 0 Å². The van der Waals surface area contributed by atoms with Gasteiger partial charge in [0, 0.05) is 11.6 Å². The molecule has 0 radical (unpaired) electrons. The predicted octanol–water partition coefficient (Wildman–Crippen LogP) is 3.67. The van der Waals surface area contributed by atoms with E-state index in [-0.39, 0.29) is 12.5 Å². The Labute approximate surface area is 159 Å². The second kappa shape index (κ2) is 8.62. The van der Waals surface area contributed by atoms with Crippen LogP contribution in [0.1, 0.15) is 46.5 Å². The summed E-state index contributed by atoms with van der Waals surface area (Å²) in [5.74, 6) is 0.366. The summed E-state index contributed by atoms with van der Waals surface area (Å²) in [5, 5.41) is 6.42. The van der Waals surface area contributed by atoms with Gasteiger partial charge >= 0.3 is 6.09 Å². The van der Waals surface area contributed by atoms with Crippen LogP contribution in [0.5, 0.6) is 5.75 Å². The van der Waals surface area contributed by atoms with E-state index in [9.17, 15) is 9.59 Å². The van der Waals surface area contributed by atoms with Gasteiger partial charge in [-0.25, -0.2) is 4.79 Å². The molecule has 2 N–H and O–H groups in total. The quantitative estimate of drug-likeness (QED) is 0.786. The number of rotatable bonds is 6. The van der Waals surface area contributed by atoms with Gasteiger partial charge in [-0.2, -0.15) is 0 Å². The minimum Gasteiger partial charge on any atom is -0.484 e. The van der Waals surface area contributed by atoms with Crippen molar-refractivity contribution in [2.45, 2.75) is 57.6 Å². The van der Waals surface area contributed by atoms with Crippen molar-refractivity contribution >= 4 is 23.6 Å². The first-order valence-electron chi connectivity index (χ1n) is 8.84. The topological polar surface area (TPSA) is 76.7 Å². The van der Waals surface area contributed by atoms with E-state index in [0.29, 0.717) is 17.3 Å². The average molecular weight is 383 g/mol. The molecule has 1 aliphatic rings. The van der Waals surface area contributed by atoms with Gasteiger partial charge in [-0.3, -0.25) is 4.79 Å². The number of nitrogens with one attached hydrogen (secondary N) is 2. The van der Waals surface area contributed by atoms with Crippen LogP contribution in [0.15, 0.2) is 24.3 Å². The van der Waals surface area contributed by atoms with Crippen molar-refractivity contribution in [1.82, 2.24) is 10.6 Å². The standard InChI is InChI=1S/C19H27ClN2O4/c1-18(2,3)26-17(24)21-13-19(10-4-5-11-19)22-16(23)12-25-15-8-6-14(20)7-9-15/h6-9H,4-5,10-13H2,1-3H3,(H,21,24)(H,22,23). The highest BCUT2D eigenvalue weighted by Crippen LogP contribution is 2.29. The minimum absolute atomic E-state index is 0.0875. The minimum atomic E-state index is -0.553. The fraction of sp³-hybridized carbons (Fsp3) is 0.579. The molecule has 6 nitrogen and oxygen atoms in total. The summed E-state index contributed by atoms with van der Waals surface area (Å²) < 4.78 is 10.8. The molecule has 0 heterocycles. The average Bonchev–Trinajstić information content (AvgIpc) is 3.00. The number of carbonyl (C=O) groups excluding carboxylic acids is 2. The lowest BCUT2D eigenvalue weighted by Gasteiger charge is -2.31. The van der Waals surface area contributed by atoms with Gasteiger partial charge < -0.3 is 20.1 Å². The smallest absolute Gasteiger partial charge is 0.407 e. The number of hydrogen-bond donors (Lipinski definition) is 2. The van der Waals surface area contributed by atoms with Crippen molar-refractivity contribution in [3.63, 3.8) is 0 Å². The Morgan fingerprint density at radius 3 is 2.35 bits per heavy atom. The monoisotopic (exact) mass is 382 g/mol. The van der Waals surface area contributed by atoms with Crippen LogP contribution < -0.4 is 15.4 Å². The molecule has 26 heavy (non-hydrogen) atoms. The van der Waals surface area contributed by atoms with Crippen molar-refractivity contribution in [1.29, 1.82) is 0 Å². The second-order valence-electron chi connectivity index (χ2n) is 7.63. The summed E-state index contributed by atoms with van der Waals surface area (Å²) in [6.45, 7) is 5.69. The van der Waals surface area contributed by atoms with Crippen LogP contribution >= 0.6 is 11.6 Å². The molecule has 0 unspecified atom stereocenters. The van der Waals surface area contributed by atoms with Crippen LogP contribution in [0.2, 0.25) is 5.02 Å². The van der Waals surface area contributed by atoms with Crippen LogP contribution in [-0.4, -0.2) is 36.3 Å². The van der Waals surface area contributed by atoms with Gasteiger partial charge in [0.15, 0.2) is 6.61 Å². The molecule has 2 rings (SSSR count). The zero-order chi connectivity index (χ0) is 19.2. The van der Waals surface area contributed by atoms with Gasteiger partial charge in [0.2, 0.25) is 0 Å². The number of alkyl carbamates (subject to hydrolysis) is 1. The summed E-state index contributed by atoms with van der Waals surface area (Å²) >= 11 is 5.83. The lowest BCUT2D eigenvalue weighted by Crippen LogP contribution is -2.55. The molecule has 1 fully saturated rings. The SMILES string of the molecule is CC(C)(C)OC(=O)NCC1(NC(=O)COc2ccc(Cl)cc2)CCCC1. The molecule has 0 bridgehead atoms. The van der Waals surface area contributed by atoms with Crippen LogP contribution in [0, 0.1) is 0 Å². The van der Waals surface area contributed by atoms with Crippen molar-refractivity contribution in [3.8, 4) is 5.75 Å². The summed E-state index contributed by atoms with van der Waals surface area (Å²) in [4.78, 5) is 24.2. The molecule has 7 heteroatoms. The molecule has 0 aliphatic heterocycles. The molecule has 1 aliphatic carbocycles. The predicted molar refractivity (Wildman–Crippen MR) is 101 cm³/mol. The van der Waals surface area contributed by atoms with E-state index in [1.54, 1.807) is 24.3 Å². The van der Waals surface area contributed by atoms with E-state index in [1.807, 2.05) is 20.8 Å². The normalized spacial score (nSPS) is 16.0. The second-order valence-corrected chi connectivity index (χ2v) is 8.07. The van der Waals surface area contributed by atoms with Gasteiger partial charge in [0.25, 0.3) is 5.91 Å². The molecular weight excluding hydrogens is 356 g/mol. The van der Waals surface area contributed by atoms with Gasteiger partial charge in [-0.15, -0.1) is 0 Å². The van der Waals surface area contributed by atoms with E-state index in [2.05, 4.69) is 10.6 Å². The number of carbonyl (C=O) groups is 2. The first kappa shape index (κ1) is 20.4. The van der Waals surface area contributed by atoms with Crippen molar-refractivity contribution in [2.75, 3.05) is 13.2 Å². The Morgan fingerprint density at radius 1 is 1.15 bits per heavy atom. The van der Waals surface area contributed by atoms with Crippen LogP contribution in [0.4, 0.5) is 4.79 Å². The van der Waals surface area contributed by atoms with E-state index in [4.69, 9.17) is 21.1 Å². The largest absolute Gasteiger partial charge is 0.484 e. The molecule has 0 aromatic heterocycles. The Kier molecular flexibility index (Phi) is 6.75. The van der Waals surface area contributed by atoms with Crippen LogP contribution in [0.3, 0.4) is 0 Å². The van der Waals surface area contributed by atoms with Crippen LogP contribution in [0.25, 0.3) is 0 Å². The Hall–Kier alpha value is -1.95. The lowest BCUT2D eigenvalue weighted by molar-refractivity contribution is -0.125. The molecular formula is C19H27ClN2O4. The highest BCUT2D eigenvalue weighted by atomic mass is 35.5. The third-order valence-electron chi connectivity index (χ3n) is 4.12. The van der Waals surface area contributed by atoms with E-state index in [1.165, 1.54) is 0 Å². The summed E-state index contributed by atoms with van der Waals surface area (Å²) in [6.07, 6.45) is 3.17. The van der Waals surface area contributed by atoms with Gasteiger partial charge in [-0.1, -0.05) is 24.4 Å². The lowest BCUT2D eigenvalue weighted by atomic mass is 9.97. The van der Waals surface area contributed by atoms with E-state index in [0.717, 1.165) is 25.7 Å². The van der Waals surface area contributed by atoms with Gasteiger partial charge in [-0.05, 0) is 57.9 Å². The third kappa shape index (κ3) is 6.75. The Morgan fingerprint density at radius 2 is 1.77 bits per heavy atom. The Bertz CT molecular complexity index is 619. The summed E-state index contributed by atoms with van der Waals surface area (Å²) in [5.41, 5.74) is -1.00. The maximum Gasteiger partial charge on any atom is 0.407 e. The van der Waals surface area contributed by atoms with E-state index < -0.39 is 17.2 Å². The summed E-state index contributed by atoms with van der Waals surface area (Å²) in [6, 6.07) is 6.84. The van der Waals surface area contributed by atoms with Crippen molar-refractivity contribution < 1.29 is 19.1 Å². The number of halogens is 1. The first-order chi connectivity index (χ1) is 12.2.